The molecule has 1 aliphatic heterocycles. The van der Waals surface area contributed by atoms with Gasteiger partial charge in [0, 0.05) is 25.3 Å². The highest BCUT2D eigenvalue weighted by atomic mass is 16.2. The summed E-state index contributed by atoms with van der Waals surface area (Å²) in [5, 5.41) is 11.2. The summed E-state index contributed by atoms with van der Waals surface area (Å²) in [4.78, 5) is 18.9. The van der Waals surface area contributed by atoms with Crippen molar-refractivity contribution in [3.8, 4) is 0 Å². The highest BCUT2D eigenvalue weighted by Gasteiger charge is 2.24. The van der Waals surface area contributed by atoms with Gasteiger partial charge >= 0.3 is 0 Å². The summed E-state index contributed by atoms with van der Waals surface area (Å²) in [6, 6.07) is 13.6. The van der Waals surface area contributed by atoms with E-state index in [4.69, 9.17) is 0 Å². The second-order valence-corrected chi connectivity index (χ2v) is 5.92. The number of hydrogen-bond donors (Lipinski definition) is 1. The monoisotopic (exact) mass is 322 g/mol. The van der Waals surface area contributed by atoms with Crippen molar-refractivity contribution in [2.24, 2.45) is 0 Å². The summed E-state index contributed by atoms with van der Waals surface area (Å²) < 4.78 is 1.64. The number of nitrogens with zero attached hydrogens (tertiary/aromatic N) is 5. The zero-order chi connectivity index (χ0) is 16.4. The first-order valence-electron chi connectivity index (χ1n) is 8.03. The molecule has 1 aromatic carbocycles. The van der Waals surface area contributed by atoms with E-state index in [-0.39, 0.29) is 18.5 Å². The third-order valence-corrected chi connectivity index (χ3v) is 4.24. The Kier molecular flexibility index (Phi) is 3.82. The lowest BCUT2D eigenvalue weighted by Gasteiger charge is -2.17. The van der Waals surface area contributed by atoms with Gasteiger partial charge in [-0.15, -0.1) is 5.10 Å². The number of carbonyl (C=O) groups excluding carboxylic acids is 1. The van der Waals surface area contributed by atoms with Crippen LogP contribution < -0.4 is 10.2 Å². The SMILES string of the molecule is O=C(Cn1nnc2ccccc21)N[C@H]1CCN(c2ccccn2)C1. The molecule has 3 aromatic rings. The van der Waals surface area contributed by atoms with Crippen LogP contribution in [0.25, 0.3) is 11.0 Å². The van der Waals surface area contributed by atoms with Gasteiger partial charge in [0.25, 0.3) is 0 Å². The molecule has 1 N–H and O–H groups in total. The van der Waals surface area contributed by atoms with E-state index < -0.39 is 0 Å². The predicted molar refractivity (Wildman–Crippen MR) is 90.5 cm³/mol. The van der Waals surface area contributed by atoms with Crippen molar-refractivity contribution < 1.29 is 4.79 Å². The van der Waals surface area contributed by atoms with Gasteiger partial charge < -0.3 is 10.2 Å². The van der Waals surface area contributed by atoms with Crippen molar-refractivity contribution in [3.05, 3.63) is 48.7 Å². The van der Waals surface area contributed by atoms with Crippen LogP contribution in [0.1, 0.15) is 6.42 Å². The number of amides is 1. The number of fused-ring (bicyclic) bond motifs is 1. The van der Waals surface area contributed by atoms with E-state index >= 15 is 0 Å². The van der Waals surface area contributed by atoms with Gasteiger partial charge in [0.05, 0.1) is 5.52 Å². The maximum atomic E-state index is 12.3. The number of aromatic nitrogens is 4. The van der Waals surface area contributed by atoms with Gasteiger partial charge in [-0.3, -0.25) is 4.79 Å². The highest BCUT2D eigenvalue weighted by molar-refractivity contribution is 5.80. The van der Waals surface area contributed by atoms with E-state index in [0.717, 1.165) is 36.4 Å². The van der Waals surface area contributed by atoms with Crippen molar-refractivity contribution in [1.82, 2.24) is 25.3 Å². The predicted octanol–water partition coefficient (Wildman–Crippen LogP) is 1.22. The molecule has 1 fully saturated rings. The molecule has 7 heteroatoms. The quantitative estimate of drug-likeness (QED) is 0.782. The summed E-state index contributed by atoms with van der Waals surface area (Å²) in [7, 11) is 0. The smallest absolute Gasteiger partial charge is 0.242 e. The van der Waals surface area contributed by atoms with E-state index in [2.05, 4.69) is 25.5 Å². The Hall–Kier alpha value is -2.96. The molecular weight excluding hydrogens is 304 g/mol. The minimum atomic E-state index is -0.0430. The standard InChI is InChI=1S/C17H18N6O/c24-17(12-23-15-6-2-1-5-14(15)20-21-23)19-13-8-10-22(11-13)16-7-3-4-9-18-16/h1-7,9,13H,8,10-12H2,(H,19,24)/t13-/m0/s1. The Morgan fingerprint density at radius 1 is 1.21 bits per heavy atom. The Balaban J connectivity index is 1.37. The minimum Gasteiger partial charge on any atom is -0.354 e. The third-order valence-electron chi connectivity index (χ3n) is 4.24. The van der Waals surface area contributed by atoms with Crippen molar-refractivity contribution in [2.75, 3.05) is 18.0 Å². The van der Waals surface area contributed by atoms with Crippen LogP contribution in [0.5, 0.6) is 0 Å². The number of carbonyl (C=O) groups is 1. The van der Waals surface area contributed by atoms with Gasteiger partial charge in [-0.05, 0) is 30.7 Å². The van der Waals surface area contributed by atoms with Gasteiger partial charge in [-0.25, -0.2) is 9.67 Å². The van der Waals surface area contributed by atoms with E-state index in [0.29, 0.717) is 0 Å². The average molecular weight is 322 g/mol. The van der Waals surface area contributed by atoms with Crippen molar-refractivity contribution in [1.29, 1.82) is 0 Å². The zero-order valence-electron chi connectivity index (χ0n) is 13.2. The Morgan fingerprint density at radius 3 is 2.96 bits per heavy atom. The molecular formula is C17H18N6O. The summed E-state index contributed by atoms with van der Waals surface area (Å²) in [5.74, 6) is 0.912. The first-order chi connectivity index (χ1) is 11.8. The first kappa shape index (κ1) is 14.6. The van der Waals surface area contributed by atoms with E-state index in [1.807, 2.05) is 42.5 Å². The fourth-order valence-corrected chi connectivity index (χ4v) is 3.07. The molecule has 122 valence electrons. The number of pyridine rings is 1. The summed E-state index contributed by atoms with van der Waals surface area (Å²) in [5.41, 5.74) is 1.67. The molecule has 1 atom stereocenters. The summed E-state index contributed by atoms with van der Waals surface area (Å²) in [6.45, 7) is 1.86. The Labute approximate surface area is 139 Å². The van der Waals surface area contributed by atoms with Crippen LogP contribution in [-0.2, 0) is 11.3 Å². The van der Waals surface area contributed by atoms with Gasteiger partial charge in [0.2, 0.25) is 5.91 Å². The fourth-order valence-electron chi connectivity index (χ4n) is 3.07. The molecule has 0 aliphatic carbocycles. The molecule has 0 saturated carbocycles. The van der Waals surface area contributed by atoms with Crippen LogP contribution in [0.3, 0.4) is 0 Å². The van der Waals surface area contributed by atoms with Crippen molar-refractivity contribution in [3.63, 3.8) is 0 Å². The van der Waals surface area contributed by atoms with Crippen LogP contribution in [0, 0.1) is 0 Å². The van der Waals surface area contributed by atoms with E-state index in [1.165, 1.54) is 0 Å². The lowest BCUT2D eigenvalue weighted by atomic mass is 10.2. The number of benzene rings is 1. The highest BCUT2D eigenvalue weighted by Crippen LogP contribution is 2.17. The number of hydrogen-bond acceptors (Lipinski definition) is 5. The molecule has 7 nitrogen and oxygen atoms in total. The third kappa shape index (κ3) is 2.92. The van der Waals surface area contributed by atoms with Crippen LogP contribution >= 0.6 is 0 Å². The van der Waals surface area contributed by atoms with Gasteiger partial charge in [-0.1, -0.05) is 23.4 Å². The molecule has 0 spiro atoms. The maximum absolute atomic E-state index is 12.3. The number of rotatable bonds is 4. The second-order valence-electron chi connectivity index (χ2n) is 5.92. The molecule has 2 aromatic heterocycles. The molecule has 1 amide bonds. The van der Waals surface area contributed by atoms with Crippen molar-refractivity contribution in [2.45, 2.75) is 19.0 Å². The lowest BCUT2D eigenvalue weighted by molar-refractivity contribution is -0.122. The maximum Gasteiger partial charge on any atom is 0.242 e. The summed E-state index contributed by atoms with van der Waals surface area (Å²) in [6.07, 6.45) is 2.71. The van der Waals surface area contributed by atoms with Gasteiger partial charge in [0.15, 0.2) is 0 Å². The largest absolute Gasteiger partial charge is 0.354 e. The fraction of sp³-hybridized carbons (Fsp3) is 0.294. The van der Waals surface area contributed by atoms with Crippen LogP contribution in [0.4, 0.5) is 5.82 Å². The van der Waals surface area contributed by atoms with Crippen LogP contribution in [-0.4, -0.2) is 45.0 Å². The van der Waals surface area contributed by atoms with Crippen LogP contribution in [0.15, 0.2) is 48.7 Å². The average Bonchev–Trinajstić information content (AvgIpc) is 3.23. The molecule has 0 bridgehead atoms. The van der Waals surface area contributed by atoms with Gasteiger partial charge in [0.1, 0.15) is 17.9 Å². The molecule has 1 aliphatic rings. The normalized spacial score (nSPS) is 17.3. The molecule has 1 saturated heterocycles. The zero-order valence-corrected chi connectivity index (χ0v) is 13.2. The summed E-state index contributed by atoms with van der Waals surface area (Å²) >= 11 is 0. The topological polar surface area (TPSA) is 75.9 Å². The number of anilines is 1. The molecule has 3 heterocycles. The second kappa shape index (κ2) is 6.27. The first-order valence-corrected chi connectivity index (χ1v) is 8.03. The number of nitrogens with one attached hydrogen (secondary N) is 1. The van der Waals surface area contributed by atoms with Gasteiger partial charge in [-0.2, -0.15) is 0 Å². The van der Waals surface area contributed by atoms with E-state index in [1.54, 1.807) is 10.9 Å². The van der Waals surface area contributed by atoms with Crippen LogP contribution in [0.2, 0.25) is 0 Å². The minimum absolute atomic E-state index is 0.0430. The van der Waals surface area contributed by atoms with Crippen molar-refractivity contribution >= 4 is 22.8 Å². The molecule has 4 rings (SSSR count). The Bertz CT molecular complexity index is 846. The Morgan fingerprint density at radius 2 is 2.08 bits per heavy atom. The lowest BCUT2D eigenvalue weighted by Crippen LogP contribution is -2.39. The number of para-hydroxylation sites is 1. The molecule has 0 radical (unpaired) electrons. The molecule has 24 heavy (non-hydrogen) atoms. The molecule has 0 unspecified atom stereocenters. The van der Waals surface area contributed by atoms with E-state index in [9.17, 15) is 4.79 Å².